The Kier molecular flexibility index (Phi) is 11.9. The van der Waals surface area contributed by atoms with Gasteiger partial charge in [-0.15, -0.1) is 11.3 Å². The summed E-state index contributed by atoms with van der Waals surface area (Å²) in [4.78, 5) is 44.8. The molecule has 0 fully saturated rings. The summed E-state index contributed by atoms with van der Waals surface area (Å²) in [7, 11) is 1.56. The molecule has 0 radical (unpaired) electrons. The summed E-state index contributed by atoms with van der Waals surface area (Å²) in [6, 6.07) is 22.4. The molecule has 2 atom stereocenters. The lowest BCUT2D eigenvalue weighted by molar-refractivity contribution is -0.163. The average Bonchev–Trinajstić information content (AvgIpc) is 3.95. The van der Waals surface area contributed by atoms with Crippen LogP contribution in [-0.2, 0) is 44.7 Å². The summed E-state index contributed by atoms with van der Waals surface area (Å²) in [6.45, 7) is 5.85. The third-order valence-corrected chi connectivity index (χ3v) is 13.9. The monoisotopic (exact) mass is 869 g/mol. The van der Waals surface area contributed by atoms with Gasteiger partial charge < -0.3 is 9.47 Å². The van der Waals surface area contributed by atoms with Crippen molar-refractivity contribution in [2.45, 2.75) is 109 Å². The van der Waals surface area contributed by atoms with E-state index in [0.717, 1.165) is 110 Å². The quantitative estimate of drug-likeness (QED) is 0.0892. The number of methoxy groups -OCH3 is 1. The lowest BCUT2D eigenvalue weighted by atomic mass is 9.81. The predicted octanol–water partition coefficient (Wildman–Crippen LogP) is 12.7. The van der Waals surface area contributed by atoms with Crippen molar-refractivity contribution in [1.82, 2.24) is 15.0 Å². The highest BCUT2D eigenvalue weighted by atomic mass is 32.1. The molecule has 0 saturated carbocycles. The highest BCUT2D eigenvalue weighted by Crippen LogP contribution is 2.46. The van der Waals surface area contributed by atoms with Crippen LogP contribution in [0, 0.1) is 20.8 Å². The van der Waals surface area contributed by atoms with E-state index in [1.165, 1.54) is 28.0 Å². The fourth-order valence-electron chi connectivity index (χ4n) is 10.3. The molecule has 0 N–H and O–H groups in total. The van der Waals surface area contributed by atoms with E-state index in [4.69, 9.17) is 19.4 Å². The van der Waals surface area contributed by atoms with Crippen LogP contribution < -0.4 is 0 Å². The summed E-state index contributed by atoms with van der Waals surface area (Å²) in [5, 5.41) is 1.88. The lowest BCUT2D eigenvalue weighted by Crippen LogP contribution is -2.27. The van der Waals surface area contributed by atoms with Gasteiger partial charge in [-0.25, -0.2) is 4.98 Å². The van der Waals surface area contributed by atoms with Crippen LogP contribution in [0.1, 0.15) is 107 Å². The molecule has 3 aromatic heterocycles. The first kappa shape index (κ1) is 42.8. The SMILES string of the molecule is COCCC(C(=O)OC(=O)C(CCCC(F)(F)F)c1c(C)nc2ccc3c(c2c1-c1ccc(C)cc1)CCC3)c1c(C)nc2ccc3c(c2c1-c1ccc2ncsc2c1)CCCC3. The van der Waals surface area contributed by atoms with Gasteiger partial charge >= 0.3 is 18.1 Å². The van der Waals surface area contributed by atoms with Gasteiger partial charge in [0.2, 0.25) is 0 Å². The minimum atomic E-state index is -4.44. The Morgan fingerprint density at radius 2 is 1.25 bits per heavy atom. The second-order valence-electron chi connectivity index (χ2n) is 17.3. The number of hydrogen-bond donors (Lipinski definition) is 0. The molecule has 63 heavy (non-hydrogen) atoms. The maximum absolute atomic E-state index is 15.1. The fraction of sp³-hybridized carbons (Fsp3) is 0.365. The van der Waals surface area contributed by atoms with Crippen LogP contribution in [0.4, 0.5) is 13.2 Å². The highest BCUT2D eigenvalue weighted by Gasteiger charge is 2.37. The van der Waals surface area contributed by atoms with Gasteiger partial charge in [-0.3, -0.25) is 19.6 Å². The summed E-state index contributed by atoms with van der Waals surface area (Å²) in [5.41, 5.74) is 15.7. The number of alkyl halides is 3. The molecule has 7 aromatic rings. The molecule has 4 aromatic carbocycles. The number of carbonyl (C=O) groups is 2. The second-order valence-corrected chi connectivity index (χ2v) is 18.1. The van der Waals surface area contributed by atoms with Gasteiger partial charge in [0.25, 0.3) is 0 Å². The summed E-state index contributed by atoms with van der Waals surface area (Å²) in [5.74, 6) is -3.91. The zero-order chi connectivity index (χ0) is 44.0. The van der Waals surface area contributed by atoms with E-state index in [-0.39, 0.29) is 25.9 Å². The van der Waals surface area contributed by atoms with Crippen molar-refractivity contribution >= 4 is 55.3 Å². The number of thiazole rings is 1. The minimum Gasteiger partial charge on any atom is -0.392 e. The Morgan fingerprint density at radius 3 is 1.89 bits per heavy atom. The zero-order valence-electron chi connectivity index (χ0n) is 36.1. The van der Waals surface area contributed by atoms with Crippen LogP contribution in [0.15, 0.2) is 72.2 Å². The molecule has 3 heterocycles. The summed E-state index contributed by atoms with van der Waals surface area (Å²) < 4.78 is 54.2. The Labute approximate surface area is 369 Å². The lowest BCUT2D eigenvalue weighted by Gasteiger charge is -2.27. The number of aryl methyl sites for hydroxylation is 7. The van der Waals surface area contributed by atoms with Crippen LogP contribution in [-0.4, -0.2) is 46.8 Å². The first-order valence-electron chi connectivity index (χ1n) is 22.0. The number of carbonyl (C=O) groups excluding carboxylic acids is 2. The van der Waals surface area contributed by atoms with Crippen molar-refractivity contribution in [1.29, 1.82) is 0 Å². The number of esters is 2. The maximum atomic E-state index is 15.1. The van der Waals surface area contributed by atoms with Gasteiger partial charge in [-0.05, 0) is 165 Å². The van der Waals surface area contributed by atoms with Gasteiger partial charge in [-0.2, -0.15) is 13.2 Å². The molecule has 2 aliphatic rings. The van der Waals surface area contributed by atoms with Gasteiger partial charge in [0.05, 0.1) is 38.6 Å². The molecule has 324 valence electrons. The van der Waals surface area contributed by atoms with E-state index in [2.05, 4.69) is 29.2 Å². The van der Waals surface area contributed by atoms with Crippen LogP contribution in [0.25, 0.3) is 54.3 Å². The zero-order valence-corrected chi connectivity index (χ0v) is 36.9. The fourth-order valence-corrected chi connectivity index (χ4v) is 11.0. The Morgan fingerprint density at radius 1 is 0.698 bits per heavy atom. The predicted molar refractivity (Wildman–Crippen MR) is 243 cm³/mol. The number of pyridine rings is 2. The van der Waals surface area contributed by atoms with Crippen LogP contribution in [0.5, 0.6) is 0 Å². The maximum Gasteiger partial charge on any atom is 0.389 e. The first-order valence-corrected chi connectivity index (χ1v) is 22.9. The Balaban J connectivity index is 1.20. The molecule has 0 aliphatic heterocycles. The standard InChI is InChI=1S/C52H50F3N3O4S/c1-29-14-16-34(17-15-29)46-44(30(2)57-41-23-19-33-10-7-12-37(33)48(41)46)38(13-8-25-52(53,54)55)50(59)62-51(60)39(24-26-61-4)45-31(3)58-42-22-18-32-9-5-6-11-36(32)49(42)47(45)35-20-21-40-43(27-35)63-28-56-40/h14-23,27-28,38-39H,5-13,24-26H2,1-4H3. The summed E-state index contributed by atoms with van der Waals surface area (Å²) >= 11 is 1.54. The number of rotatable bonds is 12. The number of nitrogens with zero attached hydrogens (tertiary/aromatic N) is 3. The third kappa shape index (κ3) is 8.37. The van der Waals surface area contributed by atoms with E-state index in [1.807, 2.05) is 61.8 Å². The molecular formula is C52H50F3N3O4S. The molecule has 2 aliphatic carbocycles. The largest absolute Gasteiger partial charge is 0.392 e. The molecule has 9 rings (SSSR count). The number of benzene rings is 4. The minimum absolute atomic E-state index is 0.178. The van der Waals surface area contributed by atoms with Crippen molar-refractivity contribution in [3.05, 3.63) is 123 Å². The van der Waals surface area contributed by atoms with E-state index < -0.39 is 36.4 Å². The first-order chi connectivity index (χ1) is 30.4. The van der Waals surface area contributed by atoms with Crippen molar-refractivity contribution in [3.63, 3.8) is 0 Å². The van der Waals surface area contributed by atoms with Crippen LogP contribution in [0.3, 0.4) is 0 Å². The normalized spacial score (nSPS) is 14.8. The molecule has 7 nitrogen and oxygen atoms in total. The van der Waals surface area contributed by atoms with Crippen molar-refractivity contribution < 1.29 is 32.2 Å². The van der Waals surface area contributed by atoms with Crippen LogP contribution in [0.2, 0.25) is 0 Å². The number of ether oxygens (including phenoxy) is 2. The van der Waals surface area contributed by atoms with E-state index >= 15 is 9.59 Å². The number of fused-ring (bicyclic) bond motifs is 7. The van der Waals surface area contributed by atoms with Gasteiger partial charge in [0.1, 0.15) is 0 Å². The highest BCUT2D eigenvalue weighted by molar-refractivity contribution is 7.16. The van der Waals surface area contributed by atoms with Gasteiger partial charge in [0.15, 0.2) is 0 Å². The number of hydrogen-bond acceptors (Lipinski definition) is 8. The molecule has 11 heteroatoms. The van der Waals surface area contributed by atoms with Gasteiger partial charge in [0, 0.05) is 42.3 Å². The number of aromatic nitrogens is 3. The van der Waals surface area contributed by atoms with E-state index in [1.54, 1.807) is 14.0 Å². The Bertz CT molecular complexity index is 2900. The smallest absolute Gasteiger partial charge is 0.389 e. The molecule has 0 spiro atoms. The van der Waals surface area contributed by atoms with Gasteiger partial charge in [-0.1, -0.05) is 48.0 Å². The van der Waals surface area contributed by atoms with Crippen molar-refractivity contribution in [3.8, 4) is 22.3 Å². The van der Waals surface area contributed by atoms with E-state index in [9.17, 15) is 13.2 Å². The van der Waals surface area contributed by atoms with Crippen molar-refractivity contribution in [2.75, 3.05) is 13.7 Å². The molecule has 0 bridgehead atoms. The molecular weight excluding hydrogens is 820 g/mol. The topological polar surface area (TPSA) is 91.3 Å². The van der Waals surface area contributed by atoms with Crippen molar-refractivity contribution in [2.24, 2.45) is 0 Å². The van der Waals surface area contributed by atoms with E-state index in [0.29, 0.717) is 22.5 Å². The van der Waals surface area contributed by atoms with Crippen LogP contribution >= 0.6 is 11.3 Å². The Hall–Kier alpha value is -5.52. The molecule has 0 saturated heterocycles. The average molecular weight is 870 g/mol. The number of halogens is 3. The molecule has 2 unspecified atom stereocenters. The molecule has 0 amide bonds. The summed E-state index contributed by atoms with van der Waals surface area (Å²) in [6.07, 6.45) is 0.720. The third-order valence-electron chi connectivity index (χ3n) is 13.2. The second kappa shape index (κ2) is 17.6.